The molecule has 2 atom stereocenters. The second-order valence-electron chi connectivity index (χ2n) is 8.01. The van der Waals surface area contributed by atoms with E-state index in [9.17, 15) is 9.59 Å². The Bertz CT molecular complexity index is 1040. The lowest BCUT2D eigenvalue weighted by Crippen LogP contribution is -2.32. The molecule has 1 N–H and O–H groups in total. The molecule has 0 radical (unpaired) electrons. The van der Waals surface area contributed by atoms with Gasteiger partial charge in [0.1, 0.15) is 0 Å². The first-order chi connectivity index (χ1) is 14.6. The van der Waals surface area contributed by atoms with Crippen LogP contribution in [0.15, 0.2) is 64.0 Å². The van der Waals surface area contributed by atoms with Crippen LogP contribution >= 0.6 is 11.6 Å². The van der Waals surface area contributed by atoms with Gasteiger partial charge in [-0.2, -0.15) is 0 Å². The van der Waals surface area contributed by atoms with Gasteiger partial charge in [-0.3, -0.25) is 4.99 Å². The van der Waals surface area contributed by atoms with Crippen molar-refractivity contribution in [2.75, 3.05) is 13.7 Å². The Hall–Kier alpha value is -2.86. The first kappa shape index (κ1) is 22.8. The SMILES string of the molecule is COC(=O)C1=C(C)NC(C)=C(C(=O)OCCC2(C)C=CC(C)=N2)C1c1cccc(Cl)c1. The molecule has 0 saturated heterocycles. The number of aliphatic imine (C=N–C) groups is 1. The molecular formula is C24H27ClN2O4. The molecule has 2 aliphatic rings. The van der Waals surface area contributed by atoms with Gasteiger partial charge in [0.15, 0.2) is 0 Å². The summed E-state index contributed by atoms with van der Waals surface area (Å²) in [6, 6.07) is 7.11. The molecule has 2 aliphatic heterocycles. The first-order valence-electron chi connectivity index (χ1n) is 10.1. The van der Waals surface area contributed by atoms with E-state index in [1.165, 1.54) is 7.11 Å². The van der Waals surface area contributed by atoms with E-state index in [0.29, 0.717) is 39.5 Å². The lowest BCUT2D eigenvalue weighted by molar-refractivity contribution is -0.139. The van der Waals surface area contributed by atoms with Crippen LogP contribution in [-0.2, 0) is 19.1 Å². The Balaban J connectivity index is 1.90. The maximum atomic E-state index is 13.2. The number of rotatable bonds is 6. The number of carbonyl (C=O) groups excluding carboxylic acids is 2. The van der Waals surface area contributed by atoms with Crippen LogP contribution in [0.4, 0.5) is 0 Å². The molecule has 1 aromatic carbocycles. The zero-order chi connectivity index (χ0) is 22.8. The molecule has 6 nitrogen and oxygen atoms in total. The maximum Gasteiger partial charge on any atom is 0.336 e. The number of halogens is 1. The molecule has 0 spiro atoms. The lowest BCUT2D eigenvalue weighted by Gasteiger charge is -2.30. The van der Waals surface area contributed by atoms with E-state index >= 15 is 0 Å². The van der Waals surface area contributed by atoms with Crippen LogP contribution in [0.5, 0.6) is 0 Å². The Kier molecular flexibility index (Phi) is 6.70. The number of carbonyl (C=O) groups is 2. The molecule has 0 amide bonds. The largest absolute Gasteiger partial charge is 0.466 e. The third-order valence-electron chi connectivity index (χ3n) is 5.52. The molecule has 3 rings (SSSR count). The highest BCUT2D eigenvalue weighted by Crippen LogP contribution is 2.40. The summed E-state index contributed by atoms with van der Waals surface area (Å²) in [5, 5.41) is 3.64. The van der Waals surface area contributed by atoms with Crippen molar-refractivity contribution in [3.63, 3.8) is 0 Å². The van der Waals surface area contributed by atoms with Gasteiger partial charge in [0, 0.05) is 28.5 Å². The van der Waals surface area contributed by atoms with Gasteiger partial charge in [0.25, 0.3) is 0 Å². The molecule has 31 heavy (non-hydrogen) atoms. The van der Waals surface area contributed by atoms with Crippen molar-refractivity contribution in [1.82, 2.24) is 5.32 Å². The van der Waals surface area contributed by atoms with Crippen LogP contribution in [0.1, 0.15) is 45.6 Å². The van der Waals surface area contributed by atoms with Crippen LogP contribution in [-0.4, -0.2) is 36.9 Å². The van der Waals surface area contributed by atoms with Crippen molar-refractivity contribution in [1.29, 1.82) is 0 Å². The molecule has 0 aromatic heterocycles. The number of methoxy groups -OCH3 is 1. The summed E-state index contributed by atoms with van der Waals surface area (Å²) < 4.78 is 10.7. The van der Waals surface area contributed by atoms with Gasteiger partial charge in [-0.05, 0) is 51.5 Å². The summed E-state index contributed by atoms with van der Waals surface area (Å²) in [6.07, 6.45) is 4.54. The van der Waals surface area contributed by atoms with E-state index in [1.807, 2.05) is 32.1 Å². The van der Waals surface area contributed by atoms with Crippen molar-refractivity contribution >= 4 is 29.3 Å². The van der Waals surface area contributed by atoms with Gasteiger partial charge in [0.05, 0.1) is 36.3 Å². The number of esters is 2. The highest BCUT2D eigenvalue weighted by Gasteiger charge is 2.38. The monoisotopic (exact) mass is 442 g/mol. The lowest BCUT2D eigenvalue weighted by atomic mass is 9.80. The normalized spacial score (nSPS) is 22.9. The summed E-state index contributed by atoms with van der Waals surface area (Å²) in [5.41, 5.74) is 3.26. The molecule has 0 fully saturated rings. The minimum atomic E-state index is -0.651. The quantitative estimate of drug-likeness (QED) is 0.657. The van der Waals surface area contributed by atoms with Crippen molar-refractivity contribution in [2.24, 2.45) is 4.99 Å². The number of benzene rings is 1. The fraction of sp³-hybridized carbons (Fsp3) is 0.375. The van der Waals surface area contributed by atoms with Gasteiger partial charge in [-0.1, -0.05) is 29.8 Å². The van der Waals surface area contributed by atoms with Crippen LogP contribution in [0.2, 0.25) is 5.02 Å². The average Bonchev–Trinajstić information content (AvgIpc) is 3.05. The van der Waals surface area contributed by atoms with E-state index < -0.39 is 17.9 Å². The third kappa shape index (κ3) is 4.90. The Morgan fingerprint density at radius 3 is 2.42 bits per heavy atom. The van der Waals surface area contributed by atoms with Crippen LogP contribution < -0.4 is 5.32 Å². The molecule has 0 aliphatic carbocycles. The molecule has 0 bridgehead atoms. The molecule has 164 valence electrons. The van der Waals surface area contributed by atoms with Gasteiger partial charge in [0.2, 0.25) is 0 Å². The Labute approximate surface area is 187 Å². The van der Waals surface area contributed by atoms with Crippen LogP contribution in [0.25, 0.3) is 0 Å². The summed E-state index contributed by atoms with van der Waals surface area (Å²) >= 11 is 6.21. The van der Waals surface area contributed by atoms with E-state index in [2.05, 4.69) is 10.3 Å². The van der Waals surface area contributed by atoms with Crippen molar-refractivity contribution in [2.45, 2.75) is 45.6 Å². The number of nitrogens with one attached hydrogen (secondary N) is 1. The van der Waals surface area contributed by atoms with Crippen LogP contribution in [0, 0.1) is 0 Å². The fourth-order valence-electron chi connectivity index (χ4n) is 4.01. The van der Waals surface area contributed by atoms with Crippen molar-refractivity contribution in [3.8, 4) is 0 Å². The molecule has 0 saturated carbocycles. The number of dihydropyridines is 1. The highest BCUT2D eigenvalue weighted by molar-refractivity contribution is 6.30. The van der Waals surface area contributed by atoms with Gasteiger partial charge < -0.3 is 14.8 Å². The predicted octanol–water partition coefficient (Wildman–Crippen LogP) is 4.47. The molecule has 7 heteroatoms. The van der Waals surface area contributed by atoms with Gasteiger partial charge in [-0.15, -0.1) is 0 Å². The topological polar surface area (TPSA) is 77.0 Å². The van der Waals surface area contributed by atoms with Crippen LogP contribution in [0.3, 0.4) is 0 Å². The van der Waals surface area contributed by atoms with Crippen molar-refractivity contribution in [3.05, 3.63) is 69.5 Å². The van der Waals surface area contributed by atoms with Gasteiger partial charge in [-0.25, -0.2) is 9.59 Å². The predicted molar refractivity (Wildman–Crippen MR) is 121 cm³/mol. The van der Waals surface area contributed by atoms with E-state index in [1.54, 1.807) is 32.0 Å². The molecular weight excluding hydrogens is 416 g/mol. The highest BCUT2D eigenvalue weighted by atomic mass is 35.5. The average molecular weight is 443 g/mol. The number of hydrogen-bond acceptors (Lipinski definition) is 6. The summed E-state index contributed by atoms with van der Waals surface area (Å²) in [6.45, 7) is 7.71. The maximum absolute atomic E-state index is 13.2. The second kappa shape index (κ2) is 9.10. The number of allylic oxidation sites excluding steroid dienone is 3. The number of ether oxygens (including phenoxy) is 2. The smallest absolute Gasteiger partial charge is 0.336 e. The molecule has 2 unspecified atom stereocenters. The fourth-order valence-corrected chi connectivity index (χ4v) is 4.21. The molecule has 2 heterocycles. The molecule has 1 aromatic rings. The van der Waals surface area contributed by atoms with Crippen molar-refractivity contribution < 1.29 is 19.1 Å². The van der Waals surface area contributed by atoms with Gasteiger partial charge >= 0.3 is 11.9 Å². The third-order valence-corrected chi connectivity index (χ3v) is 5.76. The number of nitrogens with zero attached hydrogens (tertiary/aromatic N) is 1. The van der Waals surface area contributed by atoms with E-state index in [4.69, 9.17) is 21.1 Å². The second-order valence-corrected chi connectivity index (χ2v) is 8.45. The summed E-state index contributed by atoms with van der Waals surface area (Å²) in [5.74, 6) is -1.65. The minimum absolute atomic E-state index is 0.200. The zero-order valence-electron chi connectivity index (χ0n) is 18.4. The Morgan fingerprint density at radius 1 is 1.16 bits per heavy atom. The Morgan fingerprint density at radius 2 is 1.84 bits per heavy atom. The minimum Gasteiger partial charge on any atom is -0.466 e. The van der Waals surface area contributed by atoms with E-state index in [0.717, 1.165) is 5.71 Å². The number of hydrogen-bond donors (Lipinski definition) is 1. The summed E-state index contributed by atoms with van der Waals surface area (Å²) in [7, 11) is 1.32. The standard InChI is InChI=1S/C24H27ClN2O4/c1-14-9-10-24(4,27-14)11-12-31-23(29)20-16(3)26-15(2)19(22(28)30-5)21(20)17-7-6-8-18(25)13-17/h6-10,13,21,26H,11-12H2,1-5H3. The van der Waals surface area contributed by atoms with E-state index in [-0.39, 0.29) is 12.1 Å². The summed E-state index contributed by atoms with van der Waals surface area (Å²) in [4.78, 5) is 30.4. The zero-order valence-corrected chi connectivity index (χ0v) is 19.2. The first-order valence-corrected chi connectivity index (χ1v) is 10.5.